The summed E-state index contributed by atoms with van der Waals surface area (Å²) >= 11 is 2.31. The van der Waals surface area contributed by atoms with Crippen LogP contribution in [0.2, 0.25) is 0 Å². The summed E-state index contributed by atoms with van der Waals surface area (Å²) in [5, 5.41) is 3.49. The molecule has 0 bridgehead atoms. The lowest BCUT2D eigenvalue weighted by atomic mass is 9.98. The van der Waals surface area contributed by atoms with Crippen molar-refractivity contribution in [3.05, 3.63) is 68.8 Å². The molecular weight excluding hydrogens is 383 g/mol. The predicted molar refractivity (Wildman–Crippen MR) is 90.3 cm³/mol. The summed E-state index contributed by atoms with van der Waals surface area (Å²) in [7, 11) is 0. The van der Waals surface area contributed by atoms with E-state index in [1.165, 1.54) is 21.3 Å². The lowest BCUT2D eigenvalue weighted by molar-refractivity contribution is 0.499. The van der Waals surface area contributed by atoms with Crippen molar-refractivity contribution in [2.24, 2.45) is 0 Å². The van der Waals surface area contributed by atoms with E-state index in [0.29, 0.717) is 6.42 Å². The van der Waals surface area contributed by atoms with Gasteiger partial charge < -0.3 is 5.32 Å². The summed E-state index contributed by atoms with van der Waals surface area (Å²) in [6.45, 7) is 3.00. The Balaban J connectivity index is 2.24. The predicted octanol–water partition coefficient (Wildman–Crippen LogP) is 4.85. The van der Waals surface area contributed by atoms with E-state index in [9.17, 15) is 8.78 Å². The quantitative estimate of drug-likeness (QED) is 0.683. The van der Waals surface area contributed by atoms with Gasteiger partial charge in [0, 0.05) is 9.61 Å². The van der Waals surface area contributed by atoms with Crippen molar-refractivity contribution in [2.75, 3.05) is 6.54 Å². The topological polar surface area (TPSA) is 12.0 Å². The Morgan fingerprint density at radius 2 is 1.86 bits per heavy atom. The Morgan fingerprint density at radius 3 is 2.52 bits per heavy atom. The fourth-order valence-electron chi connectivity index (χ4n) is 2.27. The molecule has 1 N–H and O–H groups in total. The van der Waals surface area contributed by atoms with E-state index in [1.54, 1.807) is 6.07 Å². The zero-order chi connectivity index (χ0) is 15.2. The second-order valence-electron chi connectivity index (χ2n) is 4.98. The minimum atomic E-state index is -0.800. The van der Waals surface area contributed by atoms with Gasteiger partial charge in [0.2, 0.25) is 0 Å². The van der Waals surface area contributed by atoms with Gasteiger partial charge in [0.25, 0.3) is 0 Å². The highest BCUT2D eigenvalue weighted by atomic mass is 127. The van der Waals surface area contributed by atoms with Crippen molar-refractivity contribution < 1.29 is 8.78 Å². The molecule has 0 fully saturated rings. The molecule has 21 heavy (non-hydrogen) atoms. The van der Waals surface area contributed by atoms with Crippen LogP contribution in [-0.4, -0.2) is 6.54 Å². The van der Waals surface area contributed by atoms with Gasteiger partial charge in [0.15, 0.2) is 11.6 Å². The molecular formula is C17H18F2IN. The van der Waals surface area contributed by atoms with Gasteiger partial charge >= 0.3 is 0 Å². The normalized spacial score (nSPS) is 12.4. The molecule has 0 saturated heterocycles. The first kappa shape index (κ1) is 16.4. The van der Waals surface area contributed by atoms with Gasteiger partial charge in [0.05, 0.1) is 0 Å². The highest BCUT2D eigenvalue weighted by molar-refractivity contribution is 14.1. The monoisotopic (exact) mass is 401 g/mol. The lowest BCUT2D eigenvalue weighted by Crippen LogP contribution is -2.25. The molecule has 0 amide bonds. The van der Waals surface area contributed by atoms with Crippen LogP contribution < -0.4 is 5.32 Å². The number of halogens is 3. The van der Waals surface area contributed by atoms with Crippen LogP contribution in [0.1, 0.15) is 30.5 Å². The lowest BCUT2D eigenvalue weighted by Gasteiger charge is -2.20. The molecule has 1 unspecified atom stereocenters. The highest BCUT2D eigenvalue weighted by Gasteiger charge is 2.15. The van der Waals surface area contributed by atoms with Gasteiger partial charge in [-0.3, -0.25) is 0 Å². The number of hydrogen-bond acceptors (Lipinski definition) is 1. The van der Waals surface area contributed by atoms with Gasteiger partial charge in [0.1, 0.15) is 0 Å². The Morgan fingerprint density at radius 1 is 1.10 bits per heavy atom. The summed E-state index contributed by atoms with van der Waals surface area (Å²) in [6, 6.07) is 12.4. The summed E-state index contributed by atoms with van der Waals surface area (Å²) in [6.07, 6.45) is 1.66. The first-order valence-electron chi connectivity index (χ1n) is 7.03. The minimum absolute atomic E-state index is 0.0999. The van der Waals surface area contributed by atoms with Crippen LogP contribution in [0.4, 0.5) is 8.78 Å². The van der Waals surface area contributed by atoms with Crippen molar-refractivity contribution in [1.29, 1.82) is 0 Å². The van der Waals surface area contributed by atoms with Crippen molar-refractivity contribution >= 4 is 22.6 Å². The van der Waals surface area contributed by atoms with Gasteiger partial charge in [-0.15, -0.1) is 0 Å². The van der Waals surface area contributed by atoms with E-state index in [0.717, 1.165) is 18.5 Å². The van der Waals surface area contributed by atoms with Crippen LogP contribution in [0.5, 0.6) is 0 Å². The van der Waals surface area contributed by atoms with E-state index in [1.807, 2.05) is 12.1 Å². The van der Waals surface area contributed by atoms with Crippen molar-refractivity contribution in [2.45, 2.75) is 25.8 Å². The van der Waals surface area contributed by atoms with E-state index in [2.05, 4.69) is 47.0 Å². The molecule has 0 aliphatic carbocycles. The van der Waals surface area contributed by atoms with Crippen LogP contribution in [0, 0.1) is 15.2 Å². The number of benzene rings is 2. The van der Waals surface area contributed by atoms with Crippen LogP contribution in [0.25, 0.3) is 0 Å². The SMILES string of the molecule is CCCNC(Cc1ccc(F)c(F)c1)c1ccccc1I. The zero-order valence-electron chi connectivity index (χ0n) is 11.9. The summed E-state index contributed by atoms with van der Waals surface area (Å²) < 4.78 is 27.6. The Bertz CT molecular complexity index is 601. The number of nitrogens with one attached hydrogen (secondary N) is 1. The highest BCUT2D eigenvalue weighted by Crippen LogP contribution is 2.24. The van der Waals surface area contributed by atoms with Crippen molar-refractivity contribution in [3.8, 4) is 0 Å². The third kappa shape index (κ3) is 4.48. The fraction of sp³-hybridized carbons (Fsp3) is 0.294. The molecule has 2 aromatic rings. The van der Waals surface area contributed by atoms with Gasteiger partial charge in [-0.1, -0.05) is 31.2 Å². The van der Waals surface area contributed by atoms with Crippen LogP contribution in [0.3, 0.4) is 0 Å². The first-order valence-corrected chi connectivity index (χ1v) is 8.11. The molecule has 2 rings (SSSR count). The average Bonchev–Trinajstić information content (AvgIpc) is 2.48. The van der Waals surface area contributed by atoms with Gasteiger partial charge in [-0.2, -0.15) is 0 Å². The molecule has 1 atom stereocenters. The van der Waals surface area contributed by atoms with Crippen molar-refractivity contribution in [3.63, 3.8) is 0 Å². The van der Waals surface area contributed by atoms with E-state index >= 15 is 0 Å². The Kier molecular flexibility index (Phi) is 6.11. The van der Waals surface area contributed by atoms with Crippen LogP contribution in [-0.2, 0) is 6.42 Å². The van der Waals surface area contributed by atoms with E-state index in [4.69, 9.17) is 0 Å². The molecule has 0 aliphatic rings. The summed E-state index contributed by atoms with van der Waals surface area (Å²) in [5.41, 5.74) is 1.98. The van der Waals surface area contributed by atoms with Gasteiger partial charge in [-0.05, 0) is 71.3 Å². The van der Waals surface area contributed by atoms with Crippen molar-refractivity contribution in [1.82, 2.24) is 5.32 Å². The standard InChI is InChI=1S/C17H18F2IN/c1-2-9-21-17(13-5-3-4-6-16(13)20)11-12-7-8-14(18)15(19)10-12/h3-8,10,17,21H,2,9,11H2,1H3. The molecule has 1 nitrogen and oxygen atoms in total. The van der Waals surface area contributed by atoms with E-state index < -0.39 is 11.6 Å². The van der Waals surface area contributed by atoms with E-state index in [-0.39, 0.29) is 6.04 Å². The maximum absolute atomic E-state index is 13.4. The smallest absolute Gasteiger partial charge is 0.159 e. The second kappa shape index (κ2) is 7.84. The number of hydrogen-bond donors (Lipinski definition) is 1. The molecule has 0 aliphatic heterocycles. The fourth-order valence-corrected chi connectivity index (χ4v) is 3.03. The third-order valence-corrected chi connectivity index (χ3v) is 4.33. The molecule has 0 spiro atoms. The molecule has 112 valence electrons. The minimum Gasteiger partial charge on any atom is -0.310 e. The molecule has 0 saturated carbocycles. The Labute approximate surface area is 137 Å². The largest absolute Gasteiger partial charge is 0.310 e. The summed E-state index contributed by atoms with van der Waals surface area (Å²) in [5.74, 6) is -1.59. The zero-order valence-corrected chi connectivity index (χ0v) is 14.0. The summed E-state index contributed by atoms with van der Waals surface area (Å²) in [4.78, 5) is 0. The molecule has 4 heteroatoms. The average molecular weight is 401 g/mol. The number of rotatable bonds is 6. The molecule has 0 heterocycles. The van der Waals surface area contributed by atoms with Gasteiger partial charge in [-0.25, -0.2) is 8.78 Å². The van der Waals surface area contributed by atoms with Crippen LogP contribution in [0.15, 0.2) is 42.5 Å². The second-order valence-corrected chi connectivity index (χ2v) is 6.14. The van der Waals surface area contributed by atoms with Crippen LogP contribution >= 0.6 is 22.6 Å². The Hall–Kier alpha value is -1.01. The molecule has 2 aromatic carbocycles. The molecule has 0 aromatic heterocycles. The first-order chi connectivity index (χ1) is 10.1. The third-order valence-electron chi connectivity index (χ3n) is 3.35. The molecule has 0 radical (unpaired) electrons. The maximum atomic E-state index is 13.4. The maximum Gasteiger partial charge on any atom is 0.159 e.